The summed E-state index contributed by atoms with van der Waals surface area (Å²) in [5, 5.41) is 0. The van der Waals surface area contributed by atoms with E-state index >= 15 is 0 Å². The smallest absolute Gasteiger partial charge is 0.0246 e. The van der Waals surface area contributed by atoms with Crippen LogP contribution in [0.5, 0.6) is 0 Å². The molecule has 1 saturated carbocycles. The highest BCUT2D eigenvalue weighted by molar-refractivity contribution is 7.78. The van der Waals surface area contributed by atoms with Crippen LogP contribution in [-0.2, 0) is 12.8 Å². The van der Waals surface area contributed by atoms with E-state index < -0.39 is 0 Å². The summed E-state index contributed by atoms with van der Waals surface area (Å²) in [6.07, 6.45) is 7.63. The number of allylic oxidation sites excluding steroid dienone is 1. The fourth-order valence-electron chi connectivity index (χ4n) is 4.10. The van der Waals surface area contributed by atoms with E-state index in [0.29, 0.717) is 17.4 Å². The maximum atomic E-state index is 4.36. The van der Waals surface area contributed by atoms with Crippen molar-refractivity contribution in [2.24, 2.45) is 5.41 Å². The molecule has 0 amide bonds. The van der Waals surface area contributed by atoms with Gasteiger partial charge in [-0.3, -0.25) is 4.72 Å². The molecule has 0 aliphatic heterocycles. The lowest BCUT2D eigenvalue weighted by molar-refractivity contribution is 0.317. The molecule has 1 aromatic heterocycles. The molecule has 0 bridgehead atoms. The van der Waals surface area contributed by atoms with Gasteiger partial charge in [0.25, 0.3) is 0 Å². The first kappa shape index (κ1) is 15.6. The molecule has 1 aromatic rings. The minimum Gasteiger partial charge on any atom is -0.263 e. The summed E-state index contributed by atoms with van der Waals surface area (Å²) in [7, 11) is 0. The summed E-state index contributed by atoms with van der Waals surface area (Å²) < 4.78 is 3.25. The molecule has 3 rings (SSSR count). The van der Waals surface area contributed by atoms with Crippen molar-refractivity contribution in [3.63, 3.8) is 0 Å². The van der Waals surface area contributed by atoms with Gasteiger partial charge in [-0.2, -0.15) is 0 Å². The number of rotatable bonds is 3. The SMILES string of the molecule is C=C(C)c1c(C2CCCC2NS)sc2c1CC(C)(C)CC2. The van der Waals surface area contributed by atoms with Gasteiger partial charge in [0.15, 0.2) is 0 Å². The number of thiol groups is 1. The Morgan fingerprint density at radius 1 is 1.38 bits per heavy atom. The molecule has 0 saturated heterocycles. The molecule has 1 N–H and O–H groups in total. The molecule has 1 nitrogen and oxygen atoms in total. The zero-order chi connectivity index (χ0) is 15.2. The normalized spacial score (nSPS) is 27.6. The molecule has 2 aliphatic carbocycles. The second-order valence-electron chi connectivity index (χ2n) is 7.64. The highest BCUT2D eigenvalue weighted by atomic mass is 32.1. The van der Waals surface area contributed by atoms with Crippen LogP contribution in [0.1, 0.15) is 73.3 Å². The van der Waals surface area contributed by atoms with Gasteiger partial charge < -0.3 is 0 Å². The standard InChI is InChI=1S/C18H27NS2/c1-11(2)16-13-10-18(3,4)9-8-15(13)21-17(16)12-6-5-7-14(12)19-20/h12,14,19-20H,1,5-10H2,2-4H3. The third-order valence-corrected chi connectivity index (χ3v) is 7.00. The molecular weight excluding hydrogens is 294 g/mol. The second kappa shape index (κ2) is 5.75. The first-order valence-electron chi connectivity index (χ1n) is 8.13. The number of hydrogen-bond donors (Lipinski definition) is 2. The van der Waals surface area contributed by atoms with Crippen molar-refractivity contribution < 1.29 is 0 Å². The molecule has 0 aromatic carbocycles. The largest absolute Gasteiger partial charge is 0.263 e. The molecule has 2 atom stereocenters. The Morgan fingerprint density at radius 2 is 2.14 bits per heavy atom. The minimum atomic E-state index is 0.437. The fourth-order valence-corrected chi connectivity index (χ4v) is 6.01. The number of thiophene rings is 1. The molecule has 2 aliphatic rings. The molecular formula is C18H27NS2. The molecule has 1 fully saturated rings. The van der Waals surface area contributed by atoms with Crippen LogP contribution in [0, 0.1) is 5.41 Å². The number of hydrogen-bond acceptors (Lipinski definition) is 3. The molecule has 3 heteroatoms. The molecule has 2 unspecified atom stereocenters. The predicted octanol–water partition coefficient (Wildman–Crippen LogP) is 5.37. The van der Waals surface area contributed by atoms with Gasteiger partial charge in [0.1, 0.15) is 0 Å². The maximum Gasteiger partial charge on any atom is 0.0246 e. The van der Waals surface area contributed by atoms with Crippen molar-refractivity contribution in [2.45, 2.75) is 71.3 Å². The number of aryl methyl sites for hydroxylation is 1. The van der Waals surface area contributed by atoms with Gasteiger partial charge >= 0.3 is 0 Å². The summed E-state index contributed by atoms with van der Waals surface area (Å²) >= 11 is 6.43. The minimum absolute atomic E-state index is 0.437. The molecule has 0 spiro atoms. The molecule has 21 heavy (non-hydrogen) atoms. The second-order valence-corrected chi connectivity index (χ2v) is 9.03. The van der Waals surface area contributed by atoms with Gasteiger partial charge in [-0.1, -0.05) is 39.7 Å². The van der Waals surface area contributed by atoms with E-state index in [2.05, 4.69) is 56.2 Å². The summed E-state index contributed by atoms with van der Waals surface area (Å²) in [5.74, 6) is 0.632. The van der Waals surface area contributed by atoms with Crippen LogP contribution in [0.25, 0.3) is 5.57 Å². The van der Waals surface area contributed by atoms with Gasteiger partial charge in [0.2, 0.25) is 0 Å². The van der Waals surface area contributed by atoms with Crippen LogP contribution >= 0.6 is 24.2 Å². The summed E-state index contributed by atoms with van der Waals surface area (Å²) in [5.41, 5.74) is 4.81. The zero-order valence-electron chi connectivity index (χ0n) is 13.5. The van der Waals surface area contributed by atoms with Crippen molar-refractivity contribution in [2.75, 3.05) is 0 Å². The molecule has 116 valence electrons. The van der Waals surface area contributed by atoms with Gasteiger partial charge in [-0.05, 0) is 61.1 Å². The quantitative estimate of drug-likeness (QED) is 0.714. The Balaban J connectivity index is 2.06. The summed E-state index contributed by atoms with van der Waals surface area (Å²) in [4.78, 5) is 3.22. The van der Waals surface area contributed by atoms with Gasteiger partial charge in [-0.25, -0.2) is 0 Å². The lowest BCUT2D eigenvalue weighted by atomic mass is 9.75. The van der Waals surface area contributed by atoms with Crippen molar-refractivity contribution in [3.05, 3.63) is 27.5 Å². The third kappa shape index (κ3) is 2.85. The molecule has 1 heterocycles. The van der Waals surface area contributed by atoms with Crippen molar-refractivity contribution in [1.82, 2.24) is 4.72 Å². The monoisotopic (exact) mass is 321 g/mol. The lowest BCUT2D eigenvalue weighted by Crippen LogP contribution is -2.24. The highest BCUT2D eigenvalue weighted by Gasteiger charge is 2.36. The Hall–Kier alpha value is -0.250. The van der Waals surface area contributed by atoms with E-state index in [9.17, 15) is 0 Å². The van der Waals surface area contributed by atoms with E-state index in [1.165, 1.54) is 49.7 Å². The third-order valence-electron chi connectivity index (χ3n) is 5.25. The van der Waals surface area contributed by atoms with Crippen LogP contribution in [-0.4, -0.2) is 6.04 Å². The van der Waals surface area contributed by atoms with Crippen LogP contribution < -0.4 is 4.72 Å². The van der Waals surface area contributed by atoms with E-state index in [-0.39, 0.29) is 0 Å². The Morgan fingerprint density at radius 3 is 2.81 bits per heavy atom. The maximum absolute atomic E-state index is 4.36. The van der Waals surface area contributed by atoms with E-state index in [1.54, 1.807) is 15.3 Å². The highest BCUT2D eigenvalue weighted by Crippen LogP contribution is 2.48. The van der Waals surface area contributed by atoms with Gasteiger partial charge in [0.05, 0.1) is 0 Å². The lowest BCUT2D eigenvalue weighted by Gasteiger charge is -2.30. The van der Waals surface area contributed by atoms with Crippen LogP contribution in [0.4, 0.5) is 0 Å². The predicted molar refractivity (Wildman–Crippen MR) is 97.3 cm³/mol. The van der Waals surface area contributed by atoms with E-state index in [1.807, 2.05) is 0 Å². The zero-order valence-corrected chi connectivity index (χ0v) is 15.2. The first-order valence-corrected chi connectivity index (χ1v) is 9.39. The molecule has 0 radical (unpaired) electrons. The summed E-state index contributed by atoms with van der Waals surface area (Å²) in [6.45, 7) is 11.3. The number of fused-ring (bicyclic) bond motifs is 1. The Kier molecular flexibility index (Phi) is 4.28. The average molecular weight is 322 g/mol. The first-order chi connectivity index (χ1) is 9.93. The number of nitrogens with one attached hydrogen (secondary N) is 1. The average Bonchev–Trinajstić information content (AvgIpc) is 2.99. The van der Waals surface area contributed by atoms with Crippen LogP contribution in [0.15, 0.2) is 6.58 Å². The van der Waals surface area contributed by atoms with E-state index in [0.717, 1.165) is 0 Å². The Labute approximate surface area is 138 Å². The fraction of sp³-hybridized carbons (Fsp3) is 0.667. The van der Waals surface area contributed by atoms with Crippen LogP contribution in [0.3, 0.4) is 0 Å². The van der Waals surface area contributed by atoms with Crippen LogP contribution in [0.2, 0.25) is 0 Å². The van der Waals surface area contributed by atoms with Crippen molar-refractivity contribution >= 4 is 29.7 Å². The van der Waals surface area contributed by atoms with Gasteiger partial charge in [0, 0.05) is 21.7 Å². The van der Waals surface area contributed by atoms with Crippen molar-refractivity contribution in [3.8, 4) is 0 Å². The Bertz CT molecular complexity index is 556. The van der Waals surface area contributed by atoms with Gasteiger partial charge in [-0.15, -0.1) is 11.3 Å². The summed E-state index contributed by atoms with van der Waals surface area (Å²) in [6, 6.07) is 0.527. The van der Waals surface area contributed by atoms with E-state index in [4.69, 9.17) is 0 Å². The van der Waals surface area contributed by atoms with Crippen molar-refractivity contribution in [1.29, 1.82) is 0 Å². The topological polar surface area (TPSA) is 12.0 Å².